The van der Waals surface area contributed by atoms with Crippen molar-refractivity contribution in [2.45, 2.75) is 31.8 Å². The van der Waals surface area contributed by atoms with Gasteiger partial charge in [-0.25, -0.2) is 0 Å². The maximum Gasteiger partial charge on any atom is 0.0695 e. The highest BCUT2D eigenvalue weighted by molar-refractivity contribution is 6.30. The lowest BCUT2D eigenvalue weighted by molar-refractivity contribution is 0.276. The third kappa shape index (κ3) is 3.64. The molecule has 3 N–H and O–H groups in total. The van der Waals surface area contributed by atoms with Gasteiger partial charge in [0.2, 0.25) is 0 Å². The summed E-state index contributed by atoms with van der Waals surface area (Å²) in [4.78, 5) is 2.47. The van der Waals surface area contributed by atoms with E-state index >= 15 is 0 Å². The number of hydrogen-bond donors (Lipinski definition) is 2. The second-order valence-corrected chi connectivity index (χ2v) is 6.18. The van der Waals surface area contributed by atoms with Gasteiger partial charge in [0, 0.05) is 23.2 Å². The fraction of sp³-hybridized carbons (Fsp3) is 0.438. The Kier molecular flexibility index (Phi) is 4.58. The second kappa shape index (κ2) is 6.60. The molecule has 2 heterocycles. The summed E-state index contributed by atoms with van der Waals surface area (Å²) in [5, 5.41) is 8.08. The molecule has 1 aliphatic heterocycles. The van der Waals surface area contributed by atoms with Crippen LogP contribution in [0.15, 0.2) is 30.5 Å². The molecule has 0 unspecified atom stereocenters. The highest BCUT2D eigenvalue weighted by Gasteiger charge is 2.16. The zero-order valence-corrected chi connectivity index (χ0v) is 12.8. The van der Waals surface area contributed by atoms with Crippen LogP contribution < -0.4 is 5.73 Å². The summed E-state index contributed by atoms with van der Waals surface area (Å²) in [6, 6.07) is 8.23. The van der Waals surface area contributed by atoms with Crippen LogP contribution in [0.2, 0.25) is 5.02 Å². The molecule has 112 valence electrons. The van der Waals surface area contributed by atoms with E-state index in [2.05, 4.69) is 15.1 Å². The minimum Gasteiger partial charge on any atom is -0.328 e. The fourth-order valence-corrected chi connectivity index (χ4v) is 3.00. The zero-order chi connectivity index (χ0) is 14.7. The molecule has 0 radical (unpaired) electrons. The first-order chi connectivity index (χ1) is 10.2. The lowest BCUT2D eigenvalue weighted by atomic mass is 10.1. The van der Waals surface area contributed by atoms with Crippen LogP contribution in [0.25, 0.3) is 11.3 Å². The zero-order valence-electron chi connectivity index (χ0n) is 12.1. The average Bonchev–Trinajstić information content (AvgIpc) is 2.83. The second-order valence-electron chi connectivity index (χ2n) is 5.74. The molecule has 0 aliphatic carbocycles. The average molecular weight is 305 g/mol. The Bertz CT molecular complexity index is 578. The predicted octanol–water partition coefficient (Wildman–Crippen LogP) is 3.04. The molecular formula is C16H21ClN4. The first-order valence-electron chi connectivity index (χ1n) is 7.48. The van der Waals surface area contributed by atoms with Crippen molar-refractivity contribution in [1.82, 2.24) is 15.1 Å². The number of benzene rings is 1. The number of H-pyrrole nitrogens is 1. The lowest BCUT2D eigenvalue weighted by Crippen LogP contribution is -2.26. The minimum atomic E-state index is 0.357. The molecule has 0 bridgehead atoms. The summed E-state index contributed by atoms with van der Waals surface area (Å²) in [6.45, 7) is 3.09. The molecule has 2 aromatic rings. The maximum absolute atomic E-state index is 6.05. The molecule has 5 heteroatoms. The number of halogens is 1. The molecule has 3 rings (SSSR count). The van der Waals surface area contributed by atoms with Crippen molar-refractivity contribution in [3.05, 3.63) is 41.0 Å². The molecule has 0 amide bonds. The summed E-state index contributed by atoms with van der Waals surface area (Å²) in [7, 11) is 0. The summed E-state index contributed by atoms with van der Waals surface area (Å²) < 4.78 is 0. The molecule has 0 spiro atoms. The molecule has 1 atom stereocenters. The Morgan fingerprint density at radius 1 is 1.24 bits per heavy atom. The van der Waals surface area contributed by atoms with Gasteiger partial charge in [-0.2, -0.15) is 5.10 Å². The van der Waals surface area contributed by atoms with Gasteiger partial charge in [0.1, 0.15) is 0 Å². The molecule has 1 aromatic heterocycles. The Labute approximate surface area is 130 Å². The Hall–Kier alpha value is -1.36. The van der Waals surface area contributed by atoms with Crippen molar-refractivity contribution in [2.75, 3.05) is 13.1 Å². The van der Waals surface area contributed by atoms with Crippen LogP contribution in [0.3, 0.4) is 0 Å². The van der Waals surface area contributed by atoms with Crippen LogP contribution in [0, 0.1) is 0 Å². The first-order valence-corrected chi connectivity index (χ1v) is 7.86. The third-order valence-corrected chi connectivity index (χ3v) is 4.36. The van der Waals surface area contributed by atoms with Crippen LogP contribution in [0.4, 0.5) is 0 Å². The highest BCUT2D eigenvalue weighted by Crippen LogP contribution is 2.24. The molecular weight excluding hydrogens is 284 g/mol. The molecule has 4 nitrogen and oxygen atoms in total. The third-order valence-electron chi connectivity index (χ3n) is 4.11. The molecule has 1 aliphatic rings. The van der Waals surface area contributed by atoms with E-state index in [9.17, 15) is 0 Å². The van der Waals surface area contributed by atoms with E-state index < -0.39 is 0 Å². The van der Waals surface area contributed by atoms with Gasteiger partial charge in [-0.3, -0.25) is 10.00 Å². The quantitative estimate of drug-likeness (QED) is 0.916. The van der Waals surface area contributed by atoms with E-state index in [0.29, 0.717) is 6.04 Å². The van der Waals surface area contributed by atoms with Gasteiger partial charge in [-0.15, -0.1) is 0 Å². The topological polar surface area (TPSA) is 57.9 Å². The van der Waals surface area contributed by atoms with Crippen LogP contribution in [0.1, 0.15) is 24.8 Å². The summed E-state index contributed by atoms with van der Waals surface area (Å²) in [6.07, 6.45) is 5.31. The van der Waals surface area contributed by atoms with Crippen LogP contribution in [-0.4, -0.2) is 34.2 Å². The van der Waals surface area contributed by atoms with Crippen LogP contribution in [0.5, 0.6) is 0 Å². The van der Waals surface area contributed by atoms with Crippen molar-refractivity contribution in [3.63, 3.8) is 0 Å². The van der Waals surface area contributed by atoms with Crippen molar-refractivity contribution in [1.29, 1.82) is 0 Å². The number of nitrogens with zero attached hydrogens (tertiary/aromatic N) is 2. The predicted molar refractivity (Wildman–Crippen MR) is 86.1 cm³/mol. The van der Waals surface area contributed by atoms with E-state index in [0.717, 1.165) is 48.8 Å². The van der Waals surface area contributed by atoms with E-state index in [-0.39, 0.29) is 0 Å². The van der Waals surface area contributed by atoms with Gasteiger partial charge in [0.25, 0.3) is 0 Å². The number of rotatable bonds is 3. The Morgan fingerprint density at radius 3 is 2.86 bits per heavy atom. The highest BCUT2D eigenvalue weighted by atomic mass is 35.5. The standard InChI is InChI=1S/C16H21ClN4/c17-14-5-3-12(4-6-14)16-13(10-19-20-16)11-21-8-1-2-15(18)7-9-21/h3-6,10,15H,1-2,7-9,11,18H2,(H,19,20)/t15-/m0/s1. The molecule has 21 heavy (non-hydrogen) atoms. The van der Waals surface area contributed by atoms with Gasteiger partial charge in [0.05, 0.1) is 11.9 Å². The number of hydrogen-bond acceptors (Lipinski definition) is 3. The number of nitrogens with two attached hydrogens (primary N) is 1. The van der Waals surface area contributed by atoms with E-state index in [1.165, 1.54) is 12.0 Å². The summed E-state index contributed by atoms with van der Waals surface area (Å²) in [5.41, 5.74) is 9.48. The smallest absolute Gasteiger partial charge is 0.0695 e. The lowest BCUT2D eigenvalue weighted by Gasteiger charge is -2.19. The monoisotopic (exact) mass is 304 g/mol. The van der Waals surface area contributed by atoms with Crippen molar-refractivity contribution in [3.8, 4) is 11.3 Å². The van der Waals surface area contributed by atoms with Crippen molar-refractivity contribution >= 4 is 11.6 Å². The number of aromatic nitrogens is 2. The fourth-order valence-electron chi connectivity index (χ4n) is 2.88. The first kappa shape index (κ1) is 14.6. The number of nitrogens with one attached hydrogen (secondary N) is 1. The maximum atomic E-state index is 6.05. The summed E-state index contributed by atoms with van der Waals surface area (Å²) in [5.74, 6) is 0. The van der Waals surface area contributed by atoms with Crippen molar-refractivity contribution in [2.24, 2.45) is 5.73 Å². The van der Waals surface area contributed by atoms with Crippen LogP contribution >= 0.6 is 11.6 Å². The van der Waals surface area contributed by atoms with Crippen molar-refractivity contribution < 1.29 is 0 Å². The largest absolute Gasteiger partial charge is 0.328 e. The summed E-state index contributed by atoms with van der Waals surface area (Å²) >= 11 is 5.95. The van der Waals surface area contributed by atoms with Gasteiger partial charge in [0.15, 0.2) is 0 Å². The molecule has 1 saturated heterocycles. The van der Waals surface area contributed by atoms with Gasteiger partial charge < -0.3 is 5.73 Å². The van der Waals surface area contributed by atoms with E-state index in [1.54, 1.807) is 0 Å². The van der Waals surface area contributed by atoms with Crippen LogP contribution in [-0.2, 0) is 6.54 Å². The number of likely N-dealkylation sites (tertiary alicyclic amines) is 1. The number of aromatic amines is 1. The molecule has 0 saturated carbocycles. The van der Waals surface area contributed by atoms with Gasteiger partial charge in [-0.1, -0.05) is 23.7 Å². The normalized spacial score (nSPS) is 20.4. The Morgan fingerprint density at radius 2 is 2.05 bits per heavy atom. The van der Waals surface area contributed by atoms with Gasteiger partial charge in [-0.05, 0) is 50.0 Å². The molecule has 1 aromatic carbocycles. The van der Waals surface area contributed by atoms with E-state index in [1.807, 2.05) is 30.5 Å². The SMILES string of the molecule is N[C@H]1CCCN(Cc2cn[nH]c2-c2ccc(Cl)cc2)CC1. The van der Waals surface area contributed by atoms with E-state index in [4.69, 9.17) is 17.3 Å². The molecule has 1 fully saturated rings. The minimum absolute atomic E-state index is 0.357. The van der Waals surface area contributed by atoms with Gasteiger partial charge >= 0.3 is 0 Å². The Balaban J connectivity index is 1.74.